The van der Waals surface area contributed by atoms with Crippen molar-refractivity contribution in [2.45, 2.75) is 26.3 Å². The van der Waals surface area contributed by atoms with Crippen LogP contribution in [0.15, 0.2) is 6.20 Å². The standard InChI is InChI=1S/C13H25N5S/c1-10(12-9-18(5)16-11(12)2)15-13(19)14-7-6-8-17(3)4/h9-10H,6-8H2,1-5H3,(H2,14,15,19). The zero-order valence-electron chi connectivity index (χ0n) is 12.5. The first-order valence-corrected chi connectivity index (χ1v) is 7.00. The van der Waals surface area contributed by atoms with Crippen molar-refractivity contribution in [1.82, 2.24) is 25.3 Å². The Bertz CT molecular complexity index is 413. The summed E-state index contributed by atoms with van der Waals surface area (Å²) in [6.45, 7) is 6.06. The number of hydrogen-bond acceptors (Lipinski definition) is 3. The topological polar surface area (TPSA) is 45.1 Å². The zero-order chi connectivity index (χ0) is 14.4. The molecule has 1 rings (SSSR count). The Morgan fingerprint density at radius 1 is 1.53 bits per heavy atom. The molecule has 1 atom stereocenters. The molecule has 1 unspecified atom stereocenters. The molecule has 0 saturated heterocycles. The largest absolute Gasteiger partial charge is 0.363 e. The summed E-state index contributed by atoms with van der Waals surface area (Å²) in [5, 5.41) is 11.6. The molecule has 2 N–H and O–H groups in total. The highest BCUT2D eigenvalue weighted by atomic mass is 32.1. The van der Waals surface area contributed by atoms with Crippen molar-refractivity contribution in [1.29, 1.82) is 0 Å². The smallest absolute Gasteiger partial charge is 0.166 e. The normalized spacial score (nSPS) is 12.5. The molecule has 0 aliphatic carbocycles. The first kappa shape index (κ1) is 15.9. The second-order valence-electron chi connectivity index (χ2n) is 5.12. The van der Waals surface area contributed by atoms with E-state index in [0.717, 1.165) is 25.2 Å². The van der Waals surface area contributed by atoms with Gasteiger partial charge in [-0.2, -0.15) is 5.10 Å². The number of hydrogen-bond donors (Lipinski definition) is 2. The number of aryl methyl sites for hydroxylation is 2. The fourth-order valence-electron chi connectivity index (χ4n) is 1.97. The Kier molecular flexibility index (Phi) is 6.24. The Morgan fingerprint density at radius 3 is 2.74 bits per heavy atom. The first-order valence-electron chi connectivity index (χ1n) is 6.59. The summed E-state index contributed by atoms with van der Waals surface area (Å²) in [5.74, 6) is 0. The summed E-state index contributed by atoms with van der Waals surface area (Å²) in [6.07, 6.45) is 3.11. The quantitative estimate of drug-likeness (QED) is 0.607. The molecule has 0 aliphatic heterocycles. The van der Waals surface area contributed by atoms with E-state index in [0.29, 0.717) is 5.11 Å². The van der Waals surface area contributed by atoms with E-state index in [1.807, 2.05) is 24.9 Å². The fourth-order valence-corrected chi connectivity index (χ4v) is 2.24. The molecule has 19 heavy (non-hydrogen) atoms. The lowest BCUT2D eigenvalue weighted by molar-refractivity contribution is 0.400. The van der Waals surface area contributed by atoms with E-state index in [1.165, 1.54) is 5.56 Å². The molecule has 1 heterocycles. The van der Waals surface area contributed by atoms with Crippen LogP contribution in [-0.2, 0) is 7.05 Å². The van der Waals surface area contributed by atoms with Gasteiger partial charge in [-0.05, 0) is 53.1 Å². The van der Waals surface area contributed by atoms with Gasteiger partial charge in [0.05, 0.1) is 11.7 Å². The average Bonchev–Trinajstić information content (AvgIpc) is 2.64. The van der Waals surface area contributed by atoms with E-state index >= 15 is 0 Å². The van der Waals surface area contributed by atoms with Gasteiger partial charge in [-0.1, -0.05) is 0 Å². The van der Waals surface area contributed by atoms with Crippen LogP contribution in [0.4, 0.5) is 0 Å². The van der Waals surface area contributed by atoms with Crippen molar-refractivity contribution in [3.63, 3.8) is 0 Å². The molecule has 0 spiro atoms. The number of rotatable bonds is 6. The lowest BCUT2D eigenvalue weighted by Crippen LogP contribution is -2.38. The van der Waals surface area contributed by atoms with Gasteiger partial charge in [-0.15, -0.1) is 0 Å². The van der Waals surface area contributed by atoms with Crippen LogP contribution in [0.25, 0.3) is 0 Å². The third-order valence-electron chi connectivity index (χ3n) is 2.93. The highest BCUT2D eigenvalue weighted by Crippen LogP contribution is 2.15. The molecule has 0 aromatic carbocycles. The van der Waals surface area contributed by atoms with E-state index in [-0.39, 0.29) is 6.04 Å². The maximum absolute atomic E-state index is 5.30. The number of thiocarbonyl (C=S) groups is 1. The maximum atomic E-state index is 5.30. The van der Waals surface area contributed by atoms with E-state index in [4.69, 9.17) is 12.2 Å². The lowest BCUT2D eigenvalue weighted by Gasteiger charge is -2.17. The molecule has 0 radical (unpaired) electrons. The highest BCUT2D eigenvalue weighted by molar-refractivity contribution is 7.80. The zero-order valence-corrected chi connectivity index (χ0v) is 13.3. The van der Waals surface area contributed by atoms with Gasteiger partial charge in [0.1, 0.15) is 0 Å². The Morgan fingerprint density at radius 2 is 2.21 bits per heavy atom. The molecule has 5 nitrogen and oxygen atoms in total. The van der Waals surface area contributed by atoms with Crippen molar-refractivity contribution >= 4 is 17.3 Å². The van der Waals surface area contributed by atoms with Gasteiger partial charge in [-0.3, -0.25) is 4.68 Å². The van der Waals surface area contributed by atoms with Crippen LogP contribution >= 0.6 is 12.2 Å². The van der Waals surface area contributed by atoms with Gasteiger partial charge >= 0.3 is 0 Å². The van der Waals surface area contributed by atoms with Crippen LogP contribution in [0, 0.1) is 6.92 Å². The molecule has 0 fully saturated rings. The summed E-state index contributed by atoms with van der Waals surface area (Å²) in [7, 11) is 6.08. The maximum Gasteiger partial charge on any atom is 0.166 e. The van der Waals surface area contributed by atoms with E-state index < -0.39 is 0 Å². The fraction of sp³-hybridized carbons (Fsp3) is 0.692. The average molecular weight is 283 g/mol. The summed E-state index contributed by atoms with van der Waals surface area (Å²) in [6, 6.07) is 0.169. The molecule has 0 bridgehead atoms. The highest BCUT2D eigenvalue weighted by Gasteiger charge is 2.12. The summed E-state index contributed by atoms with van der Waals surface area (Å²) in [5.41, 5.74) is 2.22. The van der Waals surface area contributed by atoms with Crippen molar-refractivity contribution in [3.05, 3.63) is 17.5 Å². The van der Waals surface area contributed by atoms with Crippen molar-refractivity contribution in [2.24, 2.45) is 7.05 Å². The molecule has 0 saturated carbocycles. The van der Waals surface area contributed by atoms with Gasteiger partial charge < -0.3 is 15.5 Å². The predicted octanol–water partition coefficient (Wildman–Crippen LogP) is 1.21. The number of nitrogens with one attached hydrogen (secondary N) is 2. The Balaban J connectivity index is 2.34. The van der Waals surface area contributed by atoms with Gasteiger partial charge in [0, 0.05) is 25.4 Å². The van der Waals surface area contributed by atoms with Crippen LogP contribution in [0.3, 0.4) is 0 Å². The molecular weight excluding hydrogens is 258 g/mol. The lowest BCUT2D eigenvalue weighted by atomic mass is 10.1. The van der Waals surface area contributed by atoms with Gasteiger partial charge in [0.25, 0.3) is 0 Å². The third-order valence-corrected chi connectivity index (χ3v) is 3.20. The van der Waals surface area contributed by atoms with Crippen molar-refractivity contribution < 1.29 is 0 Å². The third kappa shape index (κ3) is 5.57. The van der Waals surface area contributed by atoms with Gasteiger partial charge in [-0.25, -0.2) is 0 Å². The predicted molar refractivity (Wildman–Crippen MR) is 83.3 cm³/mol. The molecule has 1 aromatic rings. The van der Waals surface area contributed by atoms with Crippen LogP contribution < -0.4 is 10.6 Å². The summed E-state index contributed by atoms with van der Waals surface area (Å²) in [4.78, 5) is 2.17. The first-order chi connectivity index (χ1) is 8.90. The van der Waals surface area contributed by atoms with E-state index in [9.17, 15) is 0 Å². The van der Waals surface area contributed by atoms with Gasteiger partial charge in [0.2, 0.25) is 0 Å². The van der Waals surface area contributed by atoms with Crippen LogP contribution in [0.5, 0.6) is 0 Å². The second kappa shape index (κ2) is 7.45. The Labute approximate surface area is 121 Å². The summed E-state index contributed by atoms with van der Waals surface area (Å²) < 4.78 is 1.83. The molecule has 6 heteroatoms. The van der Waals surface area contributed by atoms with E-state index in [1.54, 1.807) is 0 Å². The minimum Gasteiger partial charge on any atom is -0.363 e. The molecule has 1 aromatic heterocycles. The minimum atomic E-state index is 0.169. The van der Waals surface area contributed by atoms with Crippen molar-refractivity contribution in [3.8, 4) is 0 Å². The number of aromatic nitrogens is 2. The molecule has 0 aliphatic rings. The summed E-state index contributed by atoms with van der Waals surface area (Å²) >= 11 is 5.30. The molecule has 0 amide bonds. The monoisotopic (exact) mass is 283 g/mol. The van der Waals surface area contributed by atoms with Crippen molar-refractivity contribution in [2.75, 3.05) is 27.2 Å². The Hall–Kier alpha value is -1.14. The minimum absolute atomic E-state index is 0.169. The second-order valence-corrected chi connectivity index (χ2v) is 5.53. The van der Waals surface area contributed by atoms with Crippen LogP contribution in [0.2, 0.25) is 0 Å². The van der Waals surface area contributed by atoms with E-state index in [2.05, 4.69) is 41.7 Å². The SMILES string of the molecule is Cc1nn(C)cc1C(C)NC(=S)NCCCN(C)C. The molecular formula is C13H25N5S. The van der Waals surface area contributed by atoms with Crippen LogP contribution in [-0.4, -0.2) is 47.0 Å². The van der Waals surface area contributed by atoms with Gasteiger partial charge in [0.15, 0.2) is 5.11 Å². The number of nitrogens with zero attached hydrogens (tertiary/aromatic N) is 3. The molecule has 108 valence electrons. The van der Waals surface area contributed by atoms with Crippen LogP contribution in [0.1, 0.15) is 30.6 Å².